The van der Waals surface area contributed by atoms with Crippen molar-refractivity contribution in [1.82, 2.24) is 0 Å². The maximum absolute atomic E-state index is 5.87. The van der Waals surface area contributed by atoms with Crippen LogP contribution in [0.25, 0.3) is 0 Å². The zero-order chi connectivity index (χ0) is 11.3. The number of hydrogen-bond acceptors (Lipinski definition) is 2. The Morgan fingerprint density at radius 3 is 2.47 bits per heavy atom. The summed E-state index contributed by atoms with van der Waals surface area (Å²) in [5.74, 6) is 1.48. The molecule has 0 bridgehead atoms. The number of hydrogen-bond donors (Lipinski definition) is 1. The molecule has 0 spiro atoms. The van der Waals surface area contributed by atoms with Crippen LogP contribution in [0.3, 0.4) is 0 Å². The van der Waals surface area contributed by atoms with Crippen molar-refractivity contribution in [3.8, 4) is 5.75 Å². The largest absolute Gasteiger partial charge is 0.491 e. The van der Waals surface area contributed by atoms with Gasteiger partial charge in [-0.05, 0) is 24.5 Å². The molecule has 0 saturated heterocycles. The summed E-state index contributed by atoms with van der Waals surface area (Å²) in [5, 5.41) is 0. The SMILES string of the molecule is CCC(CC)COc1c(C)cccc1N. The average Bonchev–Trinajstić information content (AvgIpc) is 2.23. The van der Waals surface area contributed by atoms with Gasteiger partial charge in [0.05, 0.1) is 12.3 Å². The van der Waals surface area contributed by atoms with E-state index >= 15 is 0 Å². The molecule has 0 heterocycles. The molecule has 2 nitrogen and oxygen atoms in total. The summed E-state index contributed by atoms with van der Waals surface area (Å²) in [5.41, 5.74) is 7.71. The van der Waals surface area contributed by atoms with E-state index in [4.69, 9.17) is 10.5 Å². The maximum Gasteiger partial charge on any atom is 0.145 e. The van der Waals surface area contributed by atoms with Crippen LogP contribution in [0.1, 0.15) is 32.3 Å². The molecule has 1 rings (SSSR count). The predicted octanol–water partition coefficient (Wildman–Crippen LogP) is 3.39. The molecule has 15 heavy (non-hydrogen) atoms. The van der Waals surface area contributed by atoms with Crippen molar-refractivity contribution in [2.24, 2.45) is 5.92 Å². The molecule has 0 aliphatic carbocycles. The highest BCUT2D eigenvalue weighted by molar-refractivity contribution is 5.56. The fraction of sp³-hybridized carbons (Fsp3) is 0.538. The average molecular weight is 207 g/mol. The van der Waals surface area contributed by atoms with E-state index in [1.165, 1.54) is 0 Å². The van der Waals surface area contributed by atoms with Crippen LogP contribution in [0.5, 0.6) is 5.75 Å². The standard InChI is InChI=1S/C13H21NO/c1-4-11(5-2)9-15-13-10(3)7-6-8-12(13)14/h6-8,11H,4-5,9,14H2,1-3H3. The molecule has 0 unspecified atom stereocenters. The third-order valence-electron chi connectivity index (χ3n) is 2.86. The topological polar surface area (TPSA) is 35.2 Å². The van der Waals surface area contributed by atoms with E-state index in [0.717, 1.165) is 36.4 Å². The molecule has 0 atom stereocenters. The van der Waals surface area contributed by atoms with E-state index in [-0.39, 0.29) is 0 Å². The van der Waals surface area contributed by atoms with Crippen LogP contribution in [0, 0.1) is 12.8 Å². The number of aryl methyl sites for hydroxylation is 1. The molecule has 2 N–H and O–H groups in total. The van der Waals surface area contributed by atoms with Gasteiger partial charge in [0, 0.05) is 0 Å². The second kappa shape index (κ2) is 5.64. The Morgan fingerprint density at radius 1 is 1.27 bits per heavy atom. The van der Waals surface area contributed by atoms with E-state index in [0.29, 0.717) is 5.92 Å². The molecule has 0 fully saturated rings. The summed E-state index contributed by atoms with van der Waals surface area (Å²) in [7, 11) is 0. The molecule has 1 aromatic carbocycles. The fourth-order valence-electron chi connectivity index (χ4n) is 1.60. The Labute approximate surface area is 92.4 Å². The Bertz CT molecular complexity index is 285. The third kappa shape index (κ3) is 3.15. The highest BCUT2D eigenvalue weighted by Gasteiger charge is 2.08. The van der Waals surface area contributed by atoms with Crippen molar-refractivity contribution < 1.29 is 4.74 Å². The van der Waals surface area contributed by atoms with E-state index < -0.39 is 0 Å². The van der Waals surface area contributed by atoms with Crippen LogP contribution < -0.4 is 10.5 Å². The minimum absolute atomic E-state index is 0.629. The van der Waals surface area contributed by atoms with Crippen LogP contribution >= 0.6 is 0 Å². The first-order valence-corrected chi connectivity index (χ1v) is 5.66. The lowest BCUT2D eigenvalue weighted by Crippen LogP contribution is -2.11. The van der Waals surface area contributed by atoms with Crippen LogP contribution in [0.15, 0.2) is 18.2 Å². The van der Waals surface area contributed by atoms with Gasteiger partial charge >= 0.3 is 0 Å². The highest BCUT2D eigenvalue weighted by Crippen LogP contribution is 2.26. The molecular weight excluding hydrogens is 186 g/mol. The van der Waals surface area contributed by atoms with Gasteiger partial charge in [-0.1, -0.05) is 38.8 Å². The van der Waals surface area contributed by atoms with Crippen molar-refractivity contribution in [2.45, 2.75) is 33.6 Å². The van der Waals surface area contributed by atoms with Gasteiger partial charge in [0.2, 0.25) is 0 Å². The molecular formula is C13H21NO. The van der Waals surface area contributed by atoms with E-state index in [9.17, 15) is 0 Å². The Kier molecular flexibility index (Phi) is 4.47. The molecule has 0 aliphatic heterocycles. The number of nitrogen functional groups attached to an aromatic ring is 1. The van der Waals surface area contributed by atoms with Gasteiger partial charge in [-0.2, -0.15) is 0 Å². The second-order valence-electron chi connectivity index (χ2n) is 3.99. The van der Waals surface area contributed by atoms with Crippen molar-refractivity contribution in [3.63, 3.8) is 0 Å². The summed E-state index contributed by atoms with van der Waals surface area (Å²) >= 11 is 0. The number of nitrogens with two attached hydrogens (primary N) is 1. The van der Waals surface area contributed by atoms with Crippen LogP contribution in [0.2, 0.25) is 0 Å². The monoisotopic (exact) mass is 207 g/mol. The second-order valence-corrected chi connectivity index (χ2v) is 3.99. The summed E-state index contributed by atoms with van der Waals surface area (Å²) in [4.78, 5) is 0. The van der Waals surface area contributed by atoms with Gasteiger partial charge < -0.3 is 10.5 Å². The quantitative estimate of drug-likeness (QED) is 0.751. The predicted molar refractivity (Wildman–Crippen MR) is 65.2 cm³/mol. The minimum atomic E-state index is 0.629. The van der Waals surface area contributed by atoms with E-state index in [2.05, 4.69) is 13.8 Å². The van der Waals surface area contributed by atoms with Crippen molar-refractivity contribution in [3.05, 3.63) is 23.8 Å². The summed E-state index contributed by atoms with van der Waals surface area (Å²) in [6.45, 7) is 7.18. The number of benzene rings is 1. The van der Waals surface area contributed by atoms with Gasteiger partial charge in [0.25, 0.3) is 0 Å². The highest BCUT2D eigenvalue weighted by atomic mass is 16.5. The molecule has 84 valence electrons. The minimum Gasteiger partial charge on any atom is -0.491 e. The number of ether oxygens (including phenoxy) is 1. The van der Waals surface area contributed by atoms with E-state index in [1.54, 1.807) is 0 Å². The first kappa shape index (κ1) is 11.9. The number of rotatable bonds is 5. The van der Waals surface area contributed by atoms with Gasteiger partial charge in [-0.15, -0.1) is 0 Å². The van der Waals surface area contributed by atoms with Gasteiger partial charge in [0.15, 0.2) is 0 Å². The van der Waals surface area contributed by atoms with Gasteiger partial charge in [-0.25, -0.2) is 0 Å². The summed E-state index contributed by atoms with van der Waals surface area (Å²) < 4.78 is 5.79. The van der Waals surface area contributed by atoms with Crippen molar-refractivity contribution in [1.29, 1.82) is 0 Å². The Balaban J connectivity index is 2.64. The normalized spacial score (nSPS) is 10.7. The summed E-state index contributed by atoms with van der Waals surface area (Å²) in [6, 6.07) is 5.86. The molecule has 2 heteroatoms. The molecule has 0 aliphatic rings. The first-order valence-electron chi connectivity index (χ1n) is 5.66. The zero-order valence-electron chi connectivity index (χ0n) is 9.92. The molecule has 0 radical (unpaired) electrons. The van der Waals surface area contributed by atoms with Crippen LogP contribution in [-0.2, 0) is 0 Å². The zero-order valence-corrected chi connectivity index (χ0v) is 9.92. The summed E-state index contributed by atoms with van der Waals surface area (Å²) in [6.07, 6.45) is 2.31. The first-order chi connectivity index (χ1) is 7.19. The lowest BCUT2D eigenvalue weighted by Gasteiger charge is -2.16. The van der Waals surface area contributed by atoms with Crippen molar-refractivity contribution >= 4 is 5.69 Å². The fourth-order valence-corrected chi connectivity index (χ4v) is 1.60. The van der Waals surface area contributed by atoms with Gasteiger partial charge in [0.1, 0.15) is 5.75 Å². The third-order valence-corrected chi connectivity index (χ3v) is 2.86. The van der Waals surface area contributed by atoms with Gasteiger partial charge in [-0.3, -0.25) is 0 Å². The molecule has 0 saturated carbocycles. The molecule has 0 aromatic heterocycles. The lowest BCUT2D eigenvalue weighted by atomic mass is 10.1. The lowest BCUT2D eigenvalue weighted by molar-refractivity contribution is 0.240. The smallest absolute Gasteiger partial charge is 0.145 e. The maximum atomic E-state index is 5.87. The number of anilines is 1. The van der Waals surface area contributed by atoms with Crippen LogP contribution in [-0.4, -0.2) is 6.61 Å². The van der Waals surface area contributed by atoms with E-state index in [1.807, 2.05) is 25.1 Å². The van der Waals surface area contributed by atoms with Crippen LogP contribution in [0.4, 0.5) is 5.69 Å². The Morgan fingerprint density at radius 2 is 1.93 bits per heavy atom. The molecule has 1 aromatic rings. The van der Waals surface area contributed by atoms with Crippen molar-refractivity contribution in [2.75, 3.05) is 12.3 Å². The molecule has 0 amide bonds. The number of para-hydroxylation sites is 1. The Hall–Kier alpha value is -1.18.